The summed E-state index contributed by atoms with van der Waals surface area (Å²) in [5.41, 5.74) is 0. The molecule has 0 atom stereocenters. The van der Waals surface area contributed by atoms with Crippen molar-refractivity contribution in [2.75, 3.05) is 6.61 Å². The number of aliphatic hydroxyl groups is 1. The summed E-state index contributed by atoms with van der Waals surface area (Å²) in [6.45, 7) is 1.93. The molecular weight excluding hydrogens is 72.0 g/mol. The normalized spacial score (nSPS) is 4.80. The van der Waals surface area contributed by atoms with Gasteiger partial charge >= 0.3 is 0 Å². The fraction of sp³-hybridized carbons (Fsp3) is 1.00. The molecule has 34 valence electrons. The summed E-state index contributed by atoms with van der Waals surface area (Å²) >= 11 is 0. The Balaban J connectivity index is 0. The Bertz CT molecular complexity index is 4.85. The first-order valence-electron chi connectivity index (χ1n) is 1.22. The molecule has 0 unspecified atom stereocenters. The van der Waals surface area contributed by atoms with Crippen molar-refractivity contribution in [3.05, 3.63) is 0 Å². The minimum Gasteiger partial charge on any atom is -0.397 e. The van der Waals surface area contributed by atoms with Crippen LogP contribution in [0.4, 0.5) is 0 Å². The Kier molecular flexibility index (Phi) is 73.6. The molecule has 3 nitrogen and oxygen atoms in total. The van der Waals surface area contributed by atoms with E-state index in [1.165, 1.54) is 0 Å². The lowest BCUT2D eigenvalue weighted by atomic mass is 10.9. The maximum Gasteiger partial charge on any atom is 0.0402 e. The van der Waals surface area contributed by atoms with E-state index in [0.29, 0.717) is 0 Å². The summed E-state index contributed by atoms with van der Waals surface area (Å²) in [4.78, 5) is 0. The second-order valence-electron chi connectivity index (χ2n) is 0.316. The van der Waals surface area contributed by atoms with Gasteiger partial charge in [0.1, 0.15) is 0 Å². The molecule has 3 N–H and O–H groups in total. The molecule has 3 heteroatoms. The molecule has 0 aromatic rings. The first-order chi connectivity index (χ1) is 2.41. The fourth-order valence-corrected chi connectivity index (χ4v) is 0. The Labute approximate surface area is 30.4 Å². The molecule has 5 heavy (non-hydrogen) atoms. The van der Waals surface area contributed by atoms with Crippen LogP contribution in [0.2, 0.25) is 0 Å². The van der Waals surface area contributed by atoms with Crippen molar-refractivity contribution in [2.24, 2.45) is 0 Å². The van der Waals surface area contributed by atoms with Gasteiger partial charge in [0.05, 0.1) is 0 Å². The molecule has 0 saturated carbocycles. The third kappa shape index (κ3) is 952. The predicted octanol–water partition coefficient (Wildman–Crippen LogP) is 0.0160. The van der Waals surface area contributed by atoms with Gasteiger partial charge in [-0.3, -0.25) is 10.5 Å². The van der Waals surface area contributed by atoms with E-state index in [2.05, 4.69) is 0 Å². The van der Waals surface area contributed by atoms with Crippen LogP contribution in [0.25, 0.3) is 0 Å². The van der Waals surface area contributed by atoms with E-state index >= 15 is 0 Å². The van der Waals surface area contributed by atoms with Gasteiger partial charge in [0.15, 0.2) is 0 Å². The second-order valence-corrected chi connectivity index (χ2v) is 0.316. The van der Waals surface area contributed by atoms with Crippen LogP contribution in [-0.4, -0.2) is 22.2 Å². The van der Waals surface area contributed by atoms with Crippen molar-refractivity contribution < 1.29 is 15.6 Å². The fourth-order valence-electron chi connectivity index (χ4n) is 0. The minimum atomic E-state index is 0.250. The smallest absolute Gasteiger partial charge is 0.0402 e. The van der Waals surface area contributed by atoms with E-state index in [-0.39, 0.29) is 6.61 Å². The molecule has 0 aromatic carbocycles. The van der Waals surface area contributed by atoms with Gasteiger partial charge in [-0.1, -0.05) is 0 Å². The third-order valence-electron chi connectivity index (χ3n) is 0. The second kappa shape index (κ2) is 41.6. The molecule has 0 rings (SSSR count). The predicted molar refractivity (Wildman–Crippen MR) is 18.0 cm³/mol. The van der Waals surface area contributed by atoms with Crippen LogP contribution in [-0.2, 0) is 0 Å². The van der Waals surface area contributed by atoms with Gasteiger partial charge in [-0.05, 0) is 6.92 Å². The van der Waals surface area contributed by atoms with Crippen molar-refractivity contribution in [2.45, 2.75) is 6.92 Å². The van der Waals surface area contributed by atoms with Gasteiger partial charge in [0.25, 0.3) is 0 Å². The standard InChI is InChI=1S/C2H6O.H2O2/c1-2-3;1-2/h3H,2H2,1H3;1-2H. The minimum absolute atomic E-state index is 0.250. The molecule has 0 fully saturated rings. The Morgan fingerprint density at radius 3 is 1.40 bits per heavy atom. The van der Waals surface area contributed by atoms with Gasteiger partial charge < -0.3 is 5.11 Å². The first-order valence-corrected chi connectivity index (χ1v) is 1.22. The van der Waals surface area contributed by atoms with Gasteiger partial charge in [-0.25, -0.2) is 0 Å². The van der Waals surface area contributed by atoms with E-state index in [9.17, 15) is 0 Å². The number of aliphatic hydroxyl groups excluding tert-OH is 1. The lowest BCUT2D eigenvalue weighted by molar-refractivity contribution is -0.176. The largest absolute Gasteiger partial charge is 0.397 e. The van der Waals surface area contributed by atoms with Crippen molar-refractivity contribution in [3.63, 3.8) is 0 Å². The van der Waals surface area contributed by atoms with Crippen LogP contribution in [0.5, 0.6) is 0 Å². The molecule has 0 aliphatic rings. The molecule has 0 aliphatic heterocycles. The summed E-state index contributed by atoms with van der Waals surface area (Å²) in [6.07, 6.45) is 0. The third-order valence-corrected chi connectivity index (χ3v) is 0. The number of hydrogen-bond acceptors (Lipinski definition) is 3. The average Bonchev–Trinajstić information content (AvgIpc) is 1.46. The molecule has 0 saturated heterocycles. The highest BCUT2D eigenvalue weighted by Gasteiger charge is 1.34. The monoisotopic (exact) mass is 80.0 g/mol. The number of rotatable bonds is 0. The van der Waals surface area contributed by atoms with Gasteiger partial charge in [-0.2, -0.15) is 0 Å². The van der Waals surface area contributed by atoms with Crippen molar-refractivity contribution in [1.29, 1.82) is 0 Å². The van der Waals surface area contributed by atoms with Gasteiger partial charge in [0.2, 0.25) is 0 Å². The molecule has 0 heterocycles. The van der Waals surface area contributed by atoms with E-state index in [0.717, 1.165) is 0 Å². The SMILES string of the molecule is CCO.OO. The highest BCUT2D eigenvalue weighted by Crippen LogP contribution is 1.30. The van der Waals surface area contributed by atoms with E-state index in [4.69, 9.17) is 15.6 Å². The summed E-state index contributed by atoms with van der Waals surface area (Å²) in [6, 6.07) is 0. The summed E-state index contributed by atoms with van der Waals surface area (Å²) in [7, 11) is 0. The summed E-state index contributed by atoms with van der Waals surface area (Å²) in [5, 5.41) is 19.6. The van der Waals surface area contributed by atoms with E-state index < -0.39 is 0 Å². The summed E-state index contributed by atoms with van der Waals surface area (Å²) < 4.78 is 0. The molecule has 0 radical (unpaired) electrons. The zero-order valence-electron chi connectivity index (χ0n) is 3.05. The van der Waals surface area contributed by atoms with E-state index in [1.807, 2.05) is 0 Å². The first kappa shape index (κ1) is 8.86. The lowest BCUT2D eigenvalue weighted by Crippen LogP contribution is -1.57. The van der Waals surface area contributed by atoms with Crippen LogP contribution in [0.3, 0.4) is 0 Å². The van der Waals surface area contributed by atoms with E-state index in [1.54, 1.807) is 6.92 Å². The highest BCUT2D eigenvalue weighted by atomic mass is 17.0. The topological polar surface area (TPSA) is 60.7 Å². The average molecular weight is 80.1 g/mol. The van der Waals surface area contributed by atoms with Gasteiger partial charge in [-0.15, -0.1) is 0 Å². The van der Waals surface area contributed by atoms with Crippen molar-refractivity contribution >= 4 is 0 Å². The quantitative estimate of drug-likeness (QED) is 0.284. The van der Waals surface area contributed by atoms with Crippen molar-refractivity contribution in [3.8, 4) is 0 Å². The van der Waals surface area contributed by atoms with Crippen LogP contribution in [0.15, 0.2) is 0 Å². The maximum absolute atomic E-state index is 7.57. The van der Waals surface area contributed by atoms with Crippen LogP contribution in [0.1, 0.15) is 6.92 Å². The van der Waals surface area contributed by atoms with Crippen LogP contribution < -0.4 is 0 Å². The Hall–Kier alpha value is -0.120. The molecule has 0 spiro atoms. The molecular formula is C2H8O3. The molecule has 0 aromatic heterocycles. The maximum atomic E-state index is 7.57. The molecule has 0 aliphatic carbocycles. The molecule has 0 amide bonds. The summed E-state index contributed by atoms with van der Waals surface area (Å²) in [5.74, 6) is 0. The van der Waals surface area contributed by atoms with Crippen LogP contribution in [0, 0.1) is 0 Å². The highest BCUT2D eigenvalue weighted by molar-refractivity contribution is 3.84. The Morgan fingerprint density at radius 2 is 1.40 bits per heavy atom. The van der Waals surface area contributed by atoms with Crippen LogP contribution >= 0.6 is 0 Å². The zero-order chi connectivity index (χ0) is 4.71. The Morgan fingerprint density at radius 1 is 1.40 bits per heavy atom. The van der Waals surface area contributed by atoms with Gasteiger partial charge in [0, 0.05) is 6.61 Å². The van der Waals surface area contributed by atoms with Crippen molar-refractivity contribution in [1.82, 2.24) is 0 Å². The molecule has 0 bridgehead atoms. The number of hydrogen-bond donors (Lipinski definition) is 3. The lowest BCUT2D eigenvalue weighted by Gasteiger charge is -1.52. The zero-order valence-corrected chi connectivity index (χ0v) is 3.05.